The minimum Gasteiger partial charge on any atom is -0.314 e. The standard InChI is InChI=1S/C14H29N3.C2H6/c1-13(2)3-7-16-8-4-14(11-16)12-17-9-5-15-6-10-17;1-2/h13-15H,3-12H2,1-2H3;1-2H3/t14-;/m0./s1. The molecule has 2 aliphatic rings. The lowest BCUT2D eigenvalue weighted by molar-refractivity contribution is 0.202. The molecule has 0 radical (unpaired) electrons. The summed E-state index contributed by atoms with van der Waals surface area (Å²) >= 11 is 0. The highest BCUT2D eigenvalue weighted by atomic mass is 15.2. The van der Waals surface area contributed by atoms with E-state index in [1.54, 1.807) is 0 Å². The maximum Gasteiger partial charge on any atom is 0.0107 e. The Kier molecular flexibility index (Phi) is 8.67. The topological polar surface area (TPSA) is 18.5 Å². The predicted octanol–water partition coefficient (Wildman–Crippen LogP) is 2.29. The lowest BCUT2D eigenvalue weighted by Crippen LogP contribution is -2.45. The lowest BCUT2D eigenvalue weighted by atomic mass is 10.1. The molecule has 0 spiro atoms. The van der Waals surface area contributed by atoms with Gasteiger partial charge < -0.3 is 15.1 Å². The molecule has 2 rings (SSSR count). The van der Waals surface area contributed by atoms with Crippen LogP contribution in [0.2, 0.25) is 0 Å². The van der Waals surface area contributed by atoms with Crippen molar-refractivity contribution >= 4 is 0 Å². The maximum absolute atomic E-state index is 3.43. The Morgan fingerprint density at radius 1 is 1.05 bits per heavy atom. The van der Waals surface area contributed by atoms with Crippen LogP contribution >= 0.6 is 0 Å². The summed E-state index contributed by atoms with van der Waals surface area (Å²) in [6.07, 6.45) is 2.78. The molecule has 2 aliphatic heterocycles. The summed E-state index contributed by atoms with van der Waals surface area (Å²) in [6, 6.07) is 0. The average molecular weight is 269 g/mol. The van der Waals surface area contributed by atoms with Crippen LogP contribution in [0.5, 0.6) is 0 Å². The molecule has 114 valence electrons. The van der Waals surface area contributed by atoms with Gasteiger partial charge in [-0.1, -0.05) is 27.7 Å². The molecule has 0 bridgehead atoms. The third-order valence-corrected chi connectivity index (χ3v) is 4.12. The number of nitrogens with zero attached hydrogens (tertiary/aromatic N) is 2. The quantitative estimate of drug-likeness (QED) is 0.826. The fourth-order valence-corrected chi connectivity index (χ4v) is 2.96. The van der Waals surface area contributed by atoms with Crippen molar-refractivity contribution in [2.45, 2.75) is 40.5 Å². The normalized spacial score (nSPS) is 25.4. The molecular weight excluding hydrogens is 234 g/mol. The lowest BCUT2D eigenvalue weighted by Gasteiger charge is -2.29. The van der Waals surface area contributed by atoms with Crippen LogP contribution < -0.4 is 5.32 Å². The number of hydrogen-bond acceptors (Lipinski definition) is 3. The van der Waals surface area contributed by atoms with Crippen LogP contribution in [0, 0.1) is 11.8 Å². The van der Waals surface area contributed by atoms with Gasteiger partial charge in [0.25, 0.3) is 0 Å². The van der Waals surface area contributed by atoms with Crippen molar-refractivity contribution < 1.29 is 0 Å². The van der Waals surface area contributed by atoms with Gasteiger partial charge in [0.2, 0.25) is 0 Å². The molecule has 2 heterocycles. The summed E-state index contributed by atoms with van der Waals surface area (Å²) in [5.41, 5.74) is 0. The van der Waals surface area contributed by atoms with Crippen molar-refractivity contribution in [2.75, 3.05) is 52.4 Å². The first-order chi connectivity index (χ1) is 9.24. The number of piperazine rings is 1. The molecule has 0 unspecified atom stereocenters. The van der Waals surface area contributed by atoms with E-state index >= 15 is 0 Å². The van der Waals surface area contributed by atoms with Crippen LogP contribution in [-0.2, 0) is 0 Å². The van der Waals surface area contributed by atoms with E-state index in [4.69, 9.17) is 0 Å². The smallest absolute Gasteiger partial charge is 0.0107 e. The van der Waals surface area contributed by atoms with E-state index in [1.165, 1.54) is 65.2 Å². The van der Waals surface area contributed by atoms with Gasteiger partial charge in [-0.05, 0) is 37.8 Å². The van der Waals surface area contributed by atoms with E-state index in [2.05, 4.69) is 29.0 Å². The Hall–Kier alpha value is -0.120. The molecule has 0 saturated carbocycles. The van der Waals surface area contributed by atoms with Crippen molar-refractivity contribution in [3.05, 3.63) is 0 Å². The third kappa shape index (κ3) is 6.73. The number of likely N-dealkylation sites (tertiary alicyclic amines) is 1. The van der Waals surface area contributed by atoms with E-state index in [0.29, 0.717) is 0 Å². The first-order valence-electron chi connectivity index (χ1n) is 8.39. The monoisotopic (exact) mass is 269 g/mol. The second-order valence-electron chi connectivity index (χ2n) is 6.19. The molecule has 2 saturated heterocycles. The fraction of sp³-hybridized carbons (Fsp3) is 1.00. The second-order valence-corrected chi connectivity index (χ2v) is 6.19. The summed E-state index contributed by atoms with van der Waals surface area (Å²) in [6.45, 7) is 18.9. The highest BCUT2D eigenvalue weighted by Gasteiger charge is 2.24. The zero-order chi connectivity index (χ0) is 14.1. The molecule has 0 aromatic heterocycles. The molecule has 3 nitrogen and oxygen atoms in total. The average Bonchev–Trinajstić information content (AvgIpc) is 2.87. The molecule has 1 N–H and O–H groups in total. The summed E-state index contributed by atoms with van der Waals surface area (Å²) in [7, 11) is 0. The van der Waals surface area contributed by atoms with Crippen molar-refractivity contribution in [3.8, 4) is 0 Å². The molecule has 3 heteroatoms. The molecule has 0 aromatic carbocycles. The summed E-state index contributed by atoms with van der Waals surface area (Å²) in [5, 5.41) is 3.43. The number of nitrogens with one attached hydrogen (secondary N) is 1. The van der Waals surface area contributed by atoms with Gasteiger partial charge in [0.1, 0.15) is 0 Å². The molecule has 19 heavy (non-hydrogen) atoms. The Bertz CT molecular complexity index is 212. The molecule has 0 amide bonds. The zero-order valence-corrected chi connectivity index (χ0v) is 13.6. The van der Waals surface area contributed by atoms with Crippen molar-refractivity contribution in [1.82, 2.24) is 15.1 Å². The van der Waals surface area contributed by atoms with Gasteiger partial charge in [-0.25, -0.2) is 0 Å². The molecule has 2 fully saturated rings. The van der Waals surface area contributed by atoms with Crippen molar-refractivity contribution in [3.63, 3.8) is 0 Å². The minimum atomic E-state index is 0.849. The highest BCUT2D eigenvalue weighted by molar-refractivity contribution is 4.80. The van der Waals surface area contributed by atoms with Gasteiger partial charge in [-0.2, -0.15) is 0 Å². The van der Waals surface area contributed by atoms with E-state index in [0.717, 1.165) is 11.8 Å². The van der Waals surface area contributed by atoms with Crippen LogP contribution in [0.3, 0.4) is 0 Å². The summed E-state index contributed by atoms with van der Waals surface area (Å²) < 4.78 is 0. The molecule has 1 atom stereocenters. The molecule has 0 aromatic rings. The first-order valence-corrected chi connectivity index (χ1v) is 8.39. The number of rotatable bonds is 5. The Balaban J connectivity index is 0.000000861. The van der Waals surface area contributed by atoms with E-state index < -0.39 is 0 Å². The fourth-order valence-electron chi connectivity index (χ4n) is 2.96. The Morgan fingerprint density at radius 2 is 1.74 bits per heavy atom. The van der Waals surface area contributed by atoms with Gasteiger partial charge in [-0.15, -0.1) is 0 Å². The second kappa shape index (κ2) is 9.73. The number of hydrogen-bond donors (Lipinski definition) is 1. The van der Waals surface area contributed by atoms with Crippen LogP contribution in [0.15, 0.2) is 0 Å². The van der Waals surface area contributed by atoms with Crippen LogP contribution in [0.25, 0.3) is 0 Å². The Labute approximate surface area is 120 Å². The molecule has 0 aliphatic carbocycles. The van der Waals surface area contributed by atoms with Crippen molar-refractivity contribution in [1.29, 1.82) is 0 Å². The van der Waals surface area contributed by atoms with E-state index in [-0.39, 0.29) is 0 Å². The van der Waals surface area contributed by atoms with Crippen LogP contribution in [0.1, 0.15) is 40.5 Å². The van der Waals surface area contributed by atoms with E-state index in [9.17, 15) is 0 Å². The predicted molar refractivity (Wildman–Crippen MR) is 84.7 cm³/mol. The first kappa shape index (κ1) is 16.9. The highest BCUT2D eigenvalue weighted by Crippen LogP contribution is 2.18. The van der Waals surface area contributed by atoms with E-state index in [1.807, 2.05) is 13.8 Å². The molecular formula is C16H35N3. The van der Waals surface area contributed by atoms with Gasteiger partial charge >= 0.3 is 0 Å². The van der Waals surface area contributed by atoms with Crippen molar-refractivity contribution in [2.24, 2.45) is 11.8 Å². The van der Waals surface area contributed by atoms with Gasteiger partial charge in [0, 0.05) is 39.3 Å². The zero-order valence-electron chi connectivity index (χ0n) is 13.6. The van der Waals surface area contributed by atoms with Crippen LogP contribution in [-0.4, -0.2) is 62.2 Å². The van der Waals surface area contributed by atoms with Gasteiger partial charge in [0.15, 0.2) is 0 Å². The van der Waals surface area contributed by atoms with Gasteiger partial charge in [-0.3, -0.25) is 0 Å². The minimum absolute atomic E-state index is 0.849. The maximum atomic E-state index is 3.43. The summed E-state index contributed by atoms with van der Waals surface area (Å²) in [5.74, 6) is 1.78. The van der Waals surface area contributed by atoms with Gasteiger partial charge in [0.05, 0.1) is 0 Å². The SMILES string of the molecule is CC.CC(C)CCN1CC[C@H](CN2CCNCC2)C1. The van der Waals surface area contributed by atoms with Crippen LogP contribution in [0.4, 0.5) is 0 Å². The largest absolute Gasteiger partial charge is 0.314 e. The Morgan fingerprint density at radius 3 is 2.37 bits per heavy atom. The summed E-state index contributed by atoms with van der Waals surface area (Å²) in [4.78, 5) is 5.32. The third-order valence-electron chi connectivity index (χ3n) is 4.12.